The normalized spacial score (nSPS) is 22.4. The largest absolute Gasteiger partial charge is 0.329 e. The molecule has 2 saturated heterocycles. The number of nitrogens with zero attached hydrogens (tertiary/aromatic N) is 2. The minimum absolute atomic E-state index is 0. The number of hydrogen-bond acceptors (Lipinski definition) is 4. The summed E-state index contributed by atoms with van der Waals surface area (Å²) in [6.07, 6.45) is 3.08. The van der Waals surface area contributed by atoms with E-state index >= 15 is 0 Å². The van der Waals surface area contributed by atoms with Gasteiger partial charge >= 0.3 is 0 Å². The smallest absolute Gasteiger partial charge is 0.243 e. The zero-order valence-corrected chi connectivity index (χ0v) is 14.5. The lowest BCUT2D eigenvalue weighted by Crippen LogP contribution is -2.39. The van der Waals surface area contributed by atoms with Gasteiger partial charge in [0.2, 0.25) is 15.9 Å². The fourth-order valence-electron chi connectivity index (χ4n) is 3.22. The third-order valence-electron chi connectivity index (χ3n) is 4.42. The Kier molecular flexibility index (Phi) is 5.67. The van der Waals surface area contributed by atoms with E-state index < -0.39 is 10.0 Å². The van der Waals surface area contributed by atoms with Crippen LogP contribution in [-0.4, -0.2) is 44.3 Å². The number of amides is 1. The minimum Gasteiger partial charge on any atom is -0.329 e. The molecule has 1 atom stereocenters. The summed E-state index contributed by atoms with van der Waals surface area (Å²) in [5, 5.41) is 0. The molecule has 2 N–H and O–H groups in total. The minimum atomic E-state index is -3.50. The quantitative estimate of drug-likeness (QED) is 0.879. The van der Waals surface area contributed by atoms with Gasteiger partial charge in [-0.3, -0.25) is 4.79 Å². The van der Waals surface area contributed by atoms with E-state index in [2.05, 4.69) is 0 Å². The summed E-state index contributed by atoms with van der Waals surface area (Å²) in [5.74, 6) is 0.0957. The van der Waals surface area contributed by atoms with Crippen LogP contribution in [0.4, 0.5) is 5.69 Å². The zero-order chi connectivity index (χ0) is 15.7. The van der Waals surface area contributed by atoms with E-state index in [4.69, 9.17) is 5.73 Å². The summed E-state index contributed by atoms with van der Waals surface area (Å²) in [4.78, 5) is 13.7. The van der Waals surface area contributed by atoms with E-state index in [0.29, 0.717) is 26.1 Å². The highest BCUT2D eigenvalue weighted by atomic mass is 35.5. The second-order valence-electron chi connectivity index (χ2n) is 5.79. The van der Waals surface area contributed by atoms with Crippen LogP contribution in [0.3, 0.4) is 0 Å². The highest BCUT2D eigenvalue weighted by molar-refractivity contribution is 7.89. The Hall–Kier alpha value is -1.15. The maximum absolute atomic E-state index is 12.7. The van der Waals surface area contributed by atoms with Crippen LogP contribution < -0.4 is 10.6 Å². The van der Waals surface area contributed by atoms with Gasteiger partial charge in [-0.2, -0.15) is 4.31 Å². The summed E-state index contributed by atoms with van der Waals surface area (Å²) in [6, 6.07) is 6.49. The van der Waals surface area contributed by atoms with Crippen LogP contribution >= 0.6 is 12.4 Å². The van der Waals surface area contributed by atoms with Crippen molar-refractivity contribution in [2.24, 2.45) is 5.73 Å². The Labute approximate surface area is 143 Å². The van der Waals surface area contributed by atoms with Gasteiger partial charge in [-0.25, -0.2) is 8.42 Å². The molecule has 0 aromatic heterocycles. The van der Waals surface area contributed by atoms with E-state index in [1.54, 1.807) is 29.2 Å². The maximum atomic E-state index is 12.7. The Bertz CT molecular complexity index is 663. The number of carbonyl (C=O) groups is 1. The molecule has 0 aliphatic carbocycles. The number of carbonyl (C=O) groups excluding carboxylic acids is 1. The summed E-state index contributed by atoms with van der Waals surface area (Å²) >= 11 is 0. The lowest BCUT2D eigenvalue weighted by atomic mass is 10.2. The molecule has 8 heteroatoms. The van der Waals surface area contributed by atoms with Gasteiger partial charge in [-0.05, 0) is 43.5 Å². The second-order valence-corrected chi connectivity index (χ2v) is 7.68. The molecule has 1 unspecified atom stereocenters. The standard InChI is InChI=1S/C15H21N3O3S.ClH/c16-11-13-3-1-10-18(13)22(20,21)14-7-5-12(6-8-14)17-9-2-4-15(17)19;/h5-8,13H,1-4,9-11,16H2;1H. The Morgan fingerprint density at radius 2 is 1.83 bits per heavy atom. The molecule has 2 heterocycles. The first kappa shape index (κ1) is 18.2. The van der Waals surface area contributed by atoms with Crippen LogP contribution in [0, 0.1) is 0 Å². The highest BCUT2D eigenvalue weighted by Crippen LogP contribution is 2.28. The number of sulfonamides is 1. The second kappa shape index (κ2) is 7.17. The van der Waals surface area contributed by atoms with Crippen LogP contribution in [-0.2, 0) is 14.8 Å². The van der Waals surface area contributed by atoms with E-state index in [9.17, 15) is 13.2 Å². The summed E-state index contributed by atoms with van der Waals surface area (Å²) in [7, 11) is -3.50. The predicted octanol–water partition coefficient (Wildman–Crippen LogP) is 1.35. The molecule has 0 radical (unpaired) electrons. The summed E-state index contributed by atoms with van der Waals surface area (Å²) in [6.45, 7) is 1.57. The van der Waals surface area contributed by atoms with E-state index in [1.165, 1.54) is 4.31 Å². The van der Waals surface area contributed by atoms with Crippen molar-refractivity contribution in [3.8, 4) is 0 Å². The van der Waals surface area contributed by atoms with Crippen molar-refractivity contribution in [2.75, 3.05) is 24.5 Å². The van der Waals surface area contributed by atoms with Crippen molar-refractivity contribution >= 4 is 34.0 Å². The third-order valence-corrected chi connectivity index (χ3v) is 6.39. The van der Waals surface area contributed by atoms with Crippen molar-refractivity contribution in [3.63, 3.8) is 0 Å². The molecule has 1 amide bonds. The number of rotatable bonds is 4. The summed E-state index contributed by atoms with van der Waals surface area (Å²) in [5.41, 5.74) is 6.43. The average molecular weight is 360 g/mol. The van der Waals surface area contributed by atoms with E-state index in [-0.39, 0.29) is 29.3 Å². The lowest BCUT2D eigenvalue weighted by Gasteiger charge is -2.23. The molecule has 3 rings (SSSR count). The molecule has 0 spiro atoms. The van der Waals surface area contributed by atoms with Gasteiger partial charge < -0.3 is 10.6 Å². The Balaban J connectivity index is 0.00000192. The van der Waals surface area contributed by atoms with Gasteiger partial charge in [0.25, 0.3) is 0 Å². The Morgan fingerprint density at radius 3 is 2.39 bits per heavy atom. The van der Waals surface area contributed by atoms with Gasteiger partial charge in [0.1, 0.15) is 0 Å². The zero-order valence-electron chi connectivity index (χ0n) is 12.8. The first-order valence-corrected chi connectivity index (χ1v) is 9.10. The molecule has 1 aromatic carbocycles. The van der Waals surface area contributed by atoms with Crippen LogP contribution in [0.2, 0.25) is 0 Å². The van der Waals surface area contributed by atoms with Gasteiger partial charge in [0.15, 0.2) is 0 Å². The van der Waals surface area contributed by atoms with Crippen LogP contribution in [0.25, 0.3) is 0 Å². The molecule has 0 saturated carbocycles. The molecule has 23 heavy (non-hydrogen) atoms. The number of nitrogens with two attached hydrogens (primary N) is 1. The van der Waals surface area contributed by atoms with Crippen LogP contribution in [0.5, 0.6) is 0 Å². The highest BCUT2D eigenvalue weighted by Gasteiger charge is 2.34. The van der Waals surface area contributed by atoms with Crippen molar-refractivity contribution in [3.05, 3.63) is 24.3 Å². The fourth-order valence-corrected chi connectivity index (χ4v) is 4.92. The molecule has 1 aromatic rings. The SMILES string of the molecule is Cl.NCC1CCCN1S(=O)(=O)c1ccc(N2CCCC2=O)cc1. The molecule has 2 fully saturated rings. The van der Waals surface area contributed by atoms with Crippen molar-refractivity contribution < 1.29 is 13.2 Å². The molecule has 0 bridgehead atoms. The topological polar surface area (TPSA) is 83.7 Å². The van der Waals surface area contributed by atoms with E-state index in [1.807, 2.05) is 0 Å². The lowest BCUT2D eigenvalue weighted by molar-refractivity contribution is -0.117. The van der Waals surface area contributed by atoms with E-state index in [0.717, 1.165) is 24.9 Å². The number of anilines is 1. The third kappa shape index (κ3) is 3.38. The van der Waals surface area contributed by atoms with Crippen molar-refractivity contribution in [1.29, 1.82) is 0 Å². The Morgan fingerprint density at radius 1 is 1.13 bits per heavy atom. The van der Waals surface area contributed by atoms with Gasteiger partial charge in [-0.1, -0.05) is 0 Å². The number of halogens is 1. The molecule has 128 valence electrons. The fraction of sp³-hybridized carbons (Fsp3) is 0.533. The first-order valence-electron chi connectivity index (χ1n) is 7.66. The monoisotopic (exact) mass is 359 g/mol. The molecular weight excluding hydrogens is 338 g/mol. The van der Waals surface area contributed by atoms with Crippen LogP contribution in [0.1, 0.15) is 25.7 Å². The van der Waals surface area contributed by atoms with Crippen molar-refractivity contribution in [2.45, 2.75) is 36.6 Å². The van der Waals surface area contributed by atoms with Crippen molar-refractivity contribution in [1.82, 2.24) is 4.31 Å². The van der Waals surface area contributed by atoms with Gasteiger partial charge in [-0.15, -0.1) is 12.4 Å². The average Bonchev–Trinajstić information content (AvgIpc) is 3.16. The van der Waals surface area contributed by atoms with Gasteiger partial charge in [0, 0.05) is 37.8 Å². The molecular formula is C15H22ClN3O3S. The molecule has 2 aliphatic rings. The summed E-state index contributed by atoms with van der Waals surface area (Å²) < 4.78 is 26.9. The number of hydrogen-bond donors (Lipinski definition) is 1. The van der Waals surface area contributed by atoms with Crippen LogP contribution in [0.15, 0.2) is 29.2 Å². The maximum Gasteiger partial charge on any atom is 0.243 e. The number of benzene rings is 1. The van der Waals surface area contributed by atoms with Gasteiger partial charge in [0.05, 0.1) is 4.90 Å². The predicted molar refractivity (Wildman–Crippen MR) is 91.2 cm³/mol. The molecule has 2 aliphatic heterocycles. The first-order chi connectivity index (χ1) is 10.5. The molecule has 6 nitrogen and oxygen atoms in total.